The zero-order chi connectivity index (χ0) is 22.2. The van der Waals surface area contributed by atoms with Crippen LogP contribution in [0.5, 0.6) is 5.75 Å². The maximum atomic E-state index is 14.8. The highest BCUT2D eigenvalue weighted by Gasteiger charge is 2.26. The van der Waals surface area contributed by atoms with Crippen molar-refractivity contribution >= 4 is 0 Å². The van der Waals surface area contributed by atoms with Gasteiger partial charge in [0.25, 0.3) is 0 Å². The molecular weight excluding hydrogens is 405 g/mol. The van der Waals surface area contributed by atoms with Gasteiger partial charge in [0, 0.05) is 17.7 Å². The van der Waals surface area contributed by atoms with Crippen molar-refractivity contribution in [2.75, 3.05) is 19.8 Å². The van der Waals surface area contributed by atoms with Gasteiger partial charge in [-0.3, -0.25) is 0 Å². The normalized spacial score (nSPS) is 18.9. The van der Waals surface area contributed by atoms with Crippen molar-refractivity contribution < 1.29 is 27.4 Å². The third-order valence-corrected chi connectivity index (χ3v) is 5.50. The SMILES string of the molecule is CCCCCOC1CCC(c2ccc(-c3ccc(OCCC)c(F)c3F)cc2F)OC1. The molecule has 0 saturated carbocycles. The van der Waals surface area contributed by atoms with Crippen LogP contribution in [-0.4, -0.2) is 25.9 Å². The van der Waals surface area contributed by atoms with E-state index < -0.39 is 17.5 Å². The second kappa shape index (κ2) is 11.5. The predicted molar refractivity (Wildman–Crippen MR) is 115 cm³/mol. The van der Waals surface area contributed by atoms with Crippen LogP contribution < -0.4 is 4.74 Å². The molecule has 1 fully saturated rings. The van der Waals surface area contributed by atoms with E-state index in [-0.39, 0.29) is 29.1 Å². The van der Waals surface area contributed by atoms with Crippen molar-refractivity contribution in [3.05, 3.63) is 53.3 Å². The number of hydrogen-bond acceptors (Lipinski definition) is 3. The largest absolute Gasteiger partial charge is 0.490 e. The zero-order valence-corrected chi connectivity index (χ0v) is 18.3. The quantitative estimate of drug-likeness (QED) is 0.376. The van der Waals surface area contributed by atoms with Crippen LogP contribution in [-0.2, 0) is 9.47 Å². The fourth-order valence-corrected chi connectivity index (χ4v) is 3.74. The first-order valence-corrected chi connectivity index (χ1v) is 11.2. The van der Waals surface area contributed by atoms with Crippen LogP contribution in [0.2, 0.25) is 0 Å². The van der Waals surface area contributed by atoms with Gasteiger partial charge in [0.05, 0.1) is 25.4 Å². The molecule has 1 saturated heterocycles. The number of ether oxygens (including phenoxy) is 3. The van der Waals surface area contributed by atoms with Crippen LogP contribution in [0, 0.1) is 17.5 Å². The first kappa shape index (κ1) is 23.6. The van der Waals surface area contributed by atoms with Crippen molar-refractivity contribution in [3.8, 4) is 16.9 Å². The fraction of sp³-hybridized carbons (Fsp3) is 0.520. The molecule has 0 amide bonds. The lowest BCUT2D eigenvalue weighted by atomic mass is 9.96. The van der Waals surface area contributed by atoms with Crippen molar-refractivity contribution in [2.24, 2.45) is 0 Å². The Labute approximate surface area is 182 Å². The summed E-state index contributed by atoms with van der Waals surface area (Å²) in [6.45, 7) is 5.47. The highest BCUT2D eigenvalue weighted by atomic mass is 19.2. The number of rotatable bonds is 10. The lowest BCUT2D eigenvalue weighted by molar-refractivity contribution is -0.0881. The monoisotopic (exact) mass is 436 g/mol. The standard InChI is InChI=1S/C25H31F3O3/c1-3-5-6-14-29-18-8-11-22(31-16-18)20-9-7-17(15-21(20)26)19-10-12-23(30-13-4-2)25(28)24(19)27/h7,9-10,12,15,18,22H,3-6,8,11,13-14,16H2,1-2H3. The summed E-state index contributed by atoms with van der Waals surface area (Å²) in [6, 6.07) is 7.21. The van der Waals surface area contributed by atoms with Crippen molar-refractivity contribution in [1.29, 1.82) is 0 Å². The van der Waals surface area contributed by atoms with Crippen LogP contribution in [0.1, 0.15) is 64.0 Å². The van der Waals surface area contributed by atoms with Crippen molar-refractivity contribution in [3.63, 3.8) is 0 Å². The van der Waals surface area contributed by atoms with E-state index in [9.17, 15) is 13.2 Å². The molecule has 3 rings (SSSR count). The highest BCUT2D eigenvalue weighted by Crippen LogP contribution is 2.35. The van der Waals surface area contributed by atoms with E-state index in [4.69, 9.17) is 14.2 Å². The van der Waals surface area contributed by atoms with Gasteiger partial charge in [-0.05, 0) is 49.4 Å². The Hall–Kier alpha value is -2.05. The molecule has 170 valence electrons. The predicted octanol–water partition coefficient (Wildman–Crippen LogP) is 6.99. The molecule has 1 aliphatic heterocycles. The van der Waals surface area contributed by atoms with E-state index in [0.717, 1.165) is 32.3 Å². The summed E-state index contributed by atoms with van der Waals surface area (Å²) < 4.78 is 60.5. The minimum absolute atomic E-state index is 0.00287. The summed E-state index contributed by atoms with van der Waals surface area (Å²) in [6.07, 6.45) is 5.15. The number of halogens is 3. The molecule has 2 aromatic carbocycles. The molecule has 0 radical (unpaired) electrons. The van der Waals surface area contributed by atoms with E-state index in [2.05, 4.69) is 6.92 Å². The van der Waals surface area contributed by atoms with Gasteiger partial charge in [-0.1, -0.05) is 38.8 Å². The first-order chi connectivity index (χ1) is 15.0. The Kier molecular flexibility index (Phi) is 8.79. The fourth-order valence-electron chi connectivity index (χ4n) is 3.74. The molecule has 6 heteroatoms. The molecule has 0 bridgehead atoms. The Morgan fingerprint density at radius 2 is 1.77 bits per heavy atom. The van der Waals surface area contributed by atoms with Crippen LogP contribution in [0.15, 0.2) is 30.3 Å². The maximum absolute atomic E-state index is 14.8. The third kappa shape index (κ3) is 6.01. The molecular formula is C25H31F3O3. The van der Waals surface area contributed by atoms with Gasteiger partial charge in [-0.2, -0.15) is 4.39 Å². The summed E-state index contributed by atoms with van der Waals surface area (Å²) in [5.41, 5.74) is 0.696. The molecule has 1 heterocycles. The van der Waals surface area contributed by atoms with Gasteiger partial charge in [-0.15, -0.1) is 0 Å². The highest BCUT2D eigenvalue weighted by molar-refractivity contribution is 5.66. The average Bonchev–Trinajstić information content (AvgIpc) is 2.78. The second-order valence-corrected chi connectivity index (χ2v) is 7.92. The first-order valence-electron chi connectivity index (χ1n) is 11.2. The number of unbranched alkanes of at least 4 members (excludes halogenated alkanes) is 2. The van der Waals surface area contributed by atoms with Crippen LogP contribution >= 0.6 is 0 Å². The molecule has 0 N–H and O–H groups in total. The summed E-state index contributed by atoms with van der Waals surface area (Å²) in [7, 11) is 0. The maximum Gasteiger partial charge on any atom is 0.201 e. The molecule has 3 nitrogen and oxygen atoms in total. The molecule has 0 aromatic heterocycles. The van der Waals surface area contributed by atoms with Gasteiger partial charge < -0.3 is 14.2 Å². The molecule has 2 unspecified atom stereocenters. The Morgan fingerprint density at radius 1 is 0.935 bits per heavy atom. The molecule has 1 aliphatic rings. The second-order valence-electron chi connectivity index (χ2n) is 7.92. The van der Waals surface area contributed by atoms with E-state index in [0.29, 0.717) is 31.6 Å². The minimum atomic E-state index is -1.06. The molecule has 2 aromatic rings. The van der Waals surface area contributed by atoms with E-state index in [1.807, 2.05) is 6.92 Å². The summed E-state index contributed by atoms with van der Waals surface area (Å²) in [5, 5.41) is 0. The molecule has 0 aliphatic carbocycles. The van der Waals surface area contributed by atoms with E-state index in [1.165, 1.54) is 18.2 Å². The molecule has 2 atom stereocenters. The lowest BCUT2D eigenvalue weighted by Gasteiger charge is -2.29. The Balaban J connectivity index is 1.65. The van der Waals surface area contributed by atoms with Crippen molar-refractivity contribution in [1.82, 2.24) is 0 Å². The summed E-state index contributed by atoms with van der Waals surface area (Å²) in [5.74, 6) is -2.73. The Bertz CT molecular complexity index is 848. The van der Waals surface area contributed by atoms with Gasteiger partial charge in [0.2, 0.25) is 5.82 Å². The van der Waals surface area contributed by atoms with Crippen LogP contribution in [0.4, 0.5) is 13.2 Å². The van der Waals surface area contributed by atoms with Gasteiger partial charge in [0.1, 0.15) is 5.82 Å². The Morgan fingerprint density at radius 3 is 2.45 bits per heavy atom. The summed E-state index contributed by atoms with van der Waals surface area (Å²) >= 11 is 0. The van der Waals surface area contributed by atoms with Gasteiger partial charge in [0.15, 0.2) is 11.6 Å². The van der Waals surface area contributed by atoms with Crippen LogP contribution in [0.25, 0.3) is 11.1 Å². The lowest BCUT2D eigenvalue weighted by Crippen LogP contribution is -2.28. The van der Waals surface area contributed by atoms with Gasteiger partial charge in [-0.25, -0.2) is 8.78 Å². The number of hydrogen-bond donors (Lipinski definition) is 0. The average molecular weight is 437 g/mol. The number of benzene rings is 2. The van der Waals surface area contributed by atoms with Gasteiger partial charge >= 0.3 is 0 Å². The van der Waals surface area contributed by atoms with Crippen LogP contribution in [0.3, 0.4) is 0 Å². The van der Waals surface area contributed by atoms with E-state index in [1.54, 1.807) is 12.1 Å². The molecule has 31 heavy (non-hydrogen) atoms. The zero-order valence-electron chi connectivity index (χ0n) is 18.3. The topological polar surface area (TPSA) is 27.7 Å². The summed E-state index contributed by atoms with van der Waals surface area (Å²) in [4.78, 5) is 0. The third-order valence-electron chi connectivity index (χ3n) is 5.50. The smallest absolute Gasteiger partial charge is 0.201 e. The molecule has 0 spiro atoms. The van der Waals surface area contributed by atoms with Crippen molar-refractivity contribution in [2.45, 2.75) is 64.6 Å². The minimum Gasteiger partial charge on any atom is -0.490 e. The van der Waals surface area contributed by atoms with E-state index >= 15 is 0 Å².